The monoisotopic (exact) mass is 181 g/mol. The maximum absolute atomic E-state index is 10.5. The van der Waals surface area contributed by atoms with Gasteiger partial charge in [0.25, 0.3) is 0 Å². The second-order valence-corrected chi connectivity index (χ2v) is 2.85. The van der Waals surface area contributed by atoms with Gasteiger partial charge in [-0.1, -0.05) is 0 Å². The summed E-state index contributed by atoms with van der Waals surface area (Å²) in [4.78, 5) is 14.3. The van der Waals surface area contributed by atoms with Crippen LogP contribution in [0.5, 0.6) is 0 Å². The molecule has 0 aliphatic heterocycles. The largest absolute Gasteiger partial charge is 0.481 e. The van der Waals surface area contributed by atoms with Crippen LogP contribution in [0.2, 0.25) is 0 Å². The topological polar surface area (TPSA) is 70.4 Å². The lowest BCUT2D eigenvalue weighted by Crippen LogP contribution is -2.18. The third-order valence-electron chi connectivity index (χ3n) is 1.91. The predicted octanol–water partition coefficient (Wildman–Crippen LogP) is 0.836. The van der Waals surface area contributed by atoms with E-state index in [2.05, 4.69) is 4.98 Å². The lowest BCUT2D eigenvalue weighted by atomic mass is 9.99. The number of rotatable bonds is 3. The zero-order valence-electron chi connectivity index (χ0n) is 7.21. The van der Waals surface area contributed by atoms with E-state index in [-0.39, 0.29) is 0 Å². The molecule has 0 saturated carbocycles. The molecule has 70 valence electrons. The Hall–Kier alpha value is -1.42. The van der Waals surface area contributed by atoms with Gasteiger partial charge in [0.2, 0.25) is 0 Å². The zero-order valence-corrected chi connectivity index (χ0v) is 7.21. The molecule has 0 aromatic carbocycles. The smallest absolute Gasteiger partial charge is 0.309 e. The summed E-state index contributed by atoms with van der Waals surface area (Å²) < 4.78 is 0. The molecule has 2 atom stereocenters. The first kappa shape index (κ1) is 9.67. The molecular formula is C9H11NO3. The minimum Gasteiger partial charge on any atom is -0.481 e. The summed E-state index contributed by atoms with van der Waals surface area (Å²) in [5.74, 6) is -1.81. The van der Waals surface area contributed by atoms with Crippen LogP contribution in [-0.2, 0) is 4.79 Å². The highest BCUT2D eigenvalue weighted by atomic mass is 16.4. The number of aromatic nitrogens is 1. The molecule has 1 rings (SSSR count). The third kappa shape index (κ3) is 2.26. The van der Waals surface area contributed by atoms with Crippen molar-refractivity contribution in [3.63, 3.8) is 0 Å². The van der Waals surface area contributed by atoms with Crippen LogP contribution < -0.4 is 0 Å². The average molecular weight is 181 g/mol. The summed E-state index contributed by atoms with van der Waals surface area (Å²) in [5.41, 5.74) is 0.574. The molecule has 1 unspecified atom stereocenters. The van der Waals surface area contributed by atoms with E-state index in [0.717, 1.165) is 0 Å². The standard InChI is InChI=1S/C9H11NO3/c1-6(9(12)13)8(11)7-2-4-10-5-3-7/h2-6,8,11H,1H3,(H,12,13)/t6-,8?/m0/s1. The van der Waals surface area contributed by atoms with E-state index in [0.29, 0.717) is 5.56 Å². The second kappa shape index (κ2) is 4.00. The molecule has 0 fully saturated rings. The van der Waals surface area contributed by atoms with Gasteiger partial charge in [0.1, 0.15) is 0 Å². The van der Waals surface area contributed by atoms with Gasteiger partial charge >= 0.3 is 5.97 Å². The van der Waals surface area contributed by atoms with Crippen LogP contribution >= 0.6 is 0 Å². The molecule has 0 spiro atoms. The van der Waals surface area contributed by atoms with E-state index < -0.39 is 18.0 Å². The molecular weight excluding hydrogens is 170 g/mol. The van der Waals surface area contributed by atoms with Crippen molar-refractivity contribution in [1.82, 2.24) is 4.98 Å². The molecule has 4 nitrogen and oxygen atoms in total. The molecule has 0 saturated heterocycles. The van der Waals surface area contributed by atoms with Gasteiger partial charge in [-0.05, 0) is 24.6 Å². The molecule has 1 aromatic heterocycles. The highest BCUT2D eigenvalue weighted by molar-refractivity contribution is 5.70. The van der Waals surface area contributed by atoms with Gasteiger partial charge in [-0.15, -0.1) is 0 Å². The van der Waals surface area contributed by atoms with Crippen molar-refractivity contribution in [2.45, 2.75) is 13.0 Å². The van der Waals surface area contributed by atoms with Gasteiger partial charge in [0.15, 0.2) is 0 Å². The van der Waals surface area contributed by atoms with Crippen molar-refractivity contribution in [2.24, 2.45) is 5.92 Å². The van der Waals surface area contributed by atoms with Crippen molar-refractivity contribution in [3.05, 3.63) is 30.1 Å². The van der Waals surface area contributed by atoms with Crippen molar-refractivity contribution < 1.29 is 15.0 Å². The summed E-state index contributed by atoms with van der Waals surface area (Å²) >= 11 is 0. The van der Waals surface area contributed by atoms with Gasteiger partial charge in [-0.25, -0.2) is 0 Å². The second-order valence-electron chi connectivity index (χ2n) is 2.85. The quantitative estimate of drug-likeness (QED) is 0.724. The Morgan fingerprint density at radius 1 is 1.46 bits per heavy atom. The van der Waals surface area contributed by atoms with E-state index in [1.807, 2.05) is 0 Å². The molecule has 0 aliphatic rings. The lowest BCUT2D eigenvalue weighted by molar-refractivity contribution is -0.145. The number of nitrogens with zero attached hydrogens (tertiary/aromatic N) is 1. The molecule has 0 bridgehead atoms. The Morgan fingerprint density at radius 2 is 2.00 bits per heavy atom. The first-order valence-electron chi connectivity index (χ1n) is 3.93. The first-order valence-corrected chi connectivity index (χ1v) is 3.93. The van der Waals surface area contributed by atoms with Crippen LogP contribution in [0.3, 0.4) is 0 Å². The van der Waals surface area contributed by atoms with Gasteiger partial charge in [0, 0.05) is 12.4 Å². The minimum absolute atomic E-state index is 0.574. The fraction of sp³-hybridized carbons (Fsp3) is 0.333. The van der Waals surface area contributed by atoms with Gasteiger partial charge in [0.05, 0.1) is 12.0 Å². The highest BCUT2D eigenvalue weighted by Crippen LogP contribution is 2.20. The van der Waals surface area contributed by atoms with E-state index in [1.165, 1.54) is 19.3 Å². The van der Waals surface area contributed by atoms with E-state index in [4.69, 9.17) is 5.11 Å². The molecule has 13 heavy (non-hydrogen) atoms. The van der Waals surface area contributed by atoms with Crippen LogP contribution in [-0.4, -0.2) is 21.2 Å². The maximum atomic E-state index is 10.5. The number of hydrogen-bond acceptors (Lipinski definition) is 3. The van der Waals surface area contributed by atoms with Gasteiger partial charge in [-0.3, -0.25) is 9.78 Å². The molecule has 0 aliphatic carbocycles. The van der Waals surface area contributed by atoms with Crippen molar-refractivity contribution >= 4 is 5.97 Å². The normalized spacial score (nSPS) is 14.9. The minimum atomic E-state index is -1.01. The SMILES string of the molecule is C[C@H](C(=O)O)C(O)c1ccncc1. The van der Waals surface area contributed by atoms with Crippen LogP contribution in [0, 0.1) is 5.92 Å². The van der Waals surface area contributed by atoms with Crippen molar-refractivity contribution in [1.29, 1.82) is 0 Å². The molecule has 4 heteroatoms. The number of aliphatic carboxylic acids is 1. The number of carboxylic acid groups (broad SMARTS) is 1. The maximum Gasteiger partial charge on any atom is 0.309 e. The Balaban J connectivity index is 2.79. The van der Waals surface area contributed by atoms with Crippen molar-refractivity contribution in [2.75, 3.05) is 0 Å². The van der Waals surface area contributed by atoms with E-state index in [1.54, 1.807) is 12.1 Å². The van der Waals surface area contributed by atoms with E-state index in [9.17, 15) is 9.90 Å². The summed E-state index contributed by atoms with van der Waals surface area (Å²) in [6.45, 7) is 1.47. The molecule has 0 radical (unpaired) electrons. The summed E-state index contributed by atoms with van der Waals surface area (Å²) in [6, 6.07) is 3.20. The summed E-state index contributed by atoms with van der Waals surface area (Å²) in [6.07, 6.45) is 2.07. The number of carboxylic acids is 1. The van der Waals surface area contributed by atoms with Crippen molar-refractivity contribution in [3.8, 4) is 0 Å². The molecule has 0 amide bonds. The van der Waals surface area contributed by atoms with E-state index >= 15 is 0 Å². The molecule has 1 aromatic rings. The van der Waals surface area contributed by atoms with Gasteiger partial charge < -0.3 is 10.2 Å². The van der Waals surface area contributed by atoms with Crippen LogP contribution in [0.25, 0.3) is 0 Å². The third-order valence-corrected chi connectivity index (χ3v) is 1.91. The number of aliphatic hydroxyl groups excluding tert-OH is 1. The predicted molar refractivity (Wildman–Crippen MR) is 46.0 cm³/mol. The first-order chi connectivity index (χ1) is 6.13. The Morgan fingerprint density at radius 3 is 2.46 bits per heavy atom. The van der Waals surface area contributed by atoms with Crippen LogP contribution in [0.1, 0.15) is 18.6 Å². The Labute approximate surface area is 75.9 Å². The fourth-order valence-electron chi connectivity index (χ4n) is 0.984. The average Bonchev–Trinajstić information content (AvgIpc) is 2.17. The molecule has 1 heterocycles. The fourth-order valence-corrected chi connectivity index (χ4v) is 0.984. The van der Waals surface area contributed by atoms with Crippen LogP contribution in [0.4, 0.5) is 0 Å². The summed E-state index contributed by atoms with van der Waals surface area (Å²) in [7, 11) is 0. The zero-order chi connectivity index (χ0) is 9.84. The van der Waals surface area contributed by atoms with Crippen LogP contribution in [0.15, 0.2) is 24.5 Å². The number of hydrogen-bond donors (Lipinski definition) is 2. The number of pyridine rings is 1. The highest BCUT2D eigenvalue weighted by Gasteiger charge is 2.22. The lowest BCUT2D eigenvalue weighted by Gasteiger charge is -2.14. The Kier molecular flexibility index (Phi) is 2.97. The number of aliphatic hydroxyl groups is 1. The molecule has 2 N–H and O–H groups in total. The Bertz CT molecular complexity index is 286. The summed E-state index contributed by atoms with van der Waals surface area (Å²) in [5, 5.41) is 18.2. The van der Waals surface area contributed by atoms with Gasteiger partial charge in [-0.2, -0.15) is 0 Å². The number of carbonyl (C=O) groups is 1.